The van der Waals surface area contributed by atoms with E-state index in [1.165, 1.54) is 93.1 Å². The summed E-state index contributed by atoms with van der Waals surface area (Å²) in [6.45, 7) is 20.5. The molecule has 12 atom stereocenters. The fourth-order valence-corrected chi connectivity index (χ4v) is 25.7. The van der Waals surface area contributed by atoms with E-state index < -0.39 is 44.0 Å². The fraction of sp³-hybridized carbons (Fsp3) is 0.389. The summed E-state index contributed by atoms with van der Waals surface area (Å²) in [5, 5.41) is 26.3. The third-order valence-corrected chi connectivity index (χ3v) is 31.8. The van der Waals surface area contributed by atoms with Gasteiger partial charge in [0, 0.05) is 32.1 Å². The van der Waals surface area contributed by atoms with Crippen LogP contribution < -0.4 is 37.3 Å². The molecule has 8 aliphatic rings. The van der Waals surface area contributed by atoms with Crippen molar-refractivity contribution in [3.8, 4) is 0 Å². The number of aryl methyl sites for hydroxylation is 4. The minimum absolute atomic E-state index is 0.0252. The van der Waals surface area contributed by atoms with E-state index in [0.717, 1.165) is 73.8 Å². The average Bonchev–Trinajstić information content (AvgIpc) is 1.45. The van der Waals surface area contributed by atoms with E-state index in [0.29, 0.717) is 35.1 Å². The van der Waals surface area contributed by atoms with E-state index in [-0.39, 0.29) is 63.1 Å². The molecule has 0 radical (unpaired) electrons. The summed E-state index contributed by atoms with van der Waals surface area (Å²) in [5.41, 5.74) is 5.77. The van der Waals surface area contributed by atoms with Gasteiger partial charge < -0.3 is 23.7 Å². The molecule has 8 aromatic rings. The average molecular weight is 1730 g/mol. The van der Waals surface area contributed by atoms with Gasteiger partial charge in [-0.1, -0.05) is 287 Å². The largest absolute Gasteiger partial charge is 0.0622 e. The molecule has 606 valence electrons. The normalized spacial score (nSPS) is 26.2. The zero-order valence-corrected chi connectivity index (χ0v) is 72.6. The Morgan fingerprint density at radius 2 is 0.763 bits per heavy atom. The Bertz CT molecular complexity index is 4470. The van der Waals surface area contributed by atoms with E-state index in [4.69, 9.17) is 38.6 Å². The van der Waals surface area contributed by atoms with Crippen LogP contribution >= 0.6 is 34.9 Å². The van der Waals surface area contributed by atoms with Crippen molar-refractivity contribution >= 4 is 107 Å². The van der Waals surface area contributed by atoms with Crippen LogP contribution in [0.2, 0.25) is 0 Å². The number of allylic oxidation sites excluding steroid dienone is 6. The Kier molecular flexibility index (Phi) is 30.0. The number of rotatable bonds is 12. The van der Waals surface area contributed by atoms with E-state index in [9.17, 15) is 31.2 Å². The van der Waals surface area contributed by atoms with Crippen LogP contribution in [0.15, 0.2) is 260 Å². The molecular formula is C95H108BCl2F3O9P2PdS. The molecule has 16 rings (SSSR count). The minimum atomic E-state index is -5.67. The van der Waals surface area contributed by atoms with Gasteiger partial charge in [0.15, 0.2) is 0 Å². The fourth-order valence-electron chi connectivity index (χ4n) is 20.5. The second-order valence-electron chi connectivity index (χ2n) is 32.7. The molecule has 0 unspecified atom stereocenters. The van der Waals surface area contributed by atoms with Gasteiger partial charge in [-0.15, -0.1) is 0 Å². The molecule has 0 aromatic heterocycles. The summed E-state index contributed by atoms with van der Waals surface area (Å²) in [6, 6.07) is 77.0. The first-order chi connectivity index (χ1) is 54.5. The number of carbonyl (C=O) groups is 2. The zero-order chi connectivity index (χ0) is 81.8. The Morgan fingerprint density at radius 3 is 1.09 bits per heavy atom. The van der Waals surface area contributed by atoms with E-state index in [1.807, 2.05) is 39.0 Å². The van der Waals surface area contributed by atoms with Crippen molar-refractivity contribution in [1.82, 2.24) is 0 Å². The van der Waals surface area contributed by atoms with Crippen LogP contribution in [0.4, 0.5) is 13.2 Å². The summed E-state index contributed by atoms with van der Waals surface area (Å²) in [4.78, 5) is 22.8. The molecule has 0 amide bonds. The van der Waals surface area contributed by atoms with Crippen molar-refractivity contribution in [2.45, 2.75) is 177 Å². The third-order valence-electron chi connectivity index (χ3n) is 26.0. The maximum absolute atomic E-state index is 12.9. The van der Waals surface area contributed by atoms with Crippen molar-refractivity contribution in [3.63, 3.8) is 0 Å². The van der Waals surface area contributed by atoms with E-state index in [1.54, 1.807) is 24.1 Å². The SMILES string of the molecule is CC(=O)O[C@H]1CC[C@@]2(C)C(=CC[C@@H]3[C@@H]2CC[C@]2(C)C(OS(=O)(=O)C(F)(F)F)=CC[C@@H]32)C1.CC(=O)O[C@H]1CC[C@@]2(C)C(=CC[C@@H]3[C@@H]2CC[C@]2(C)C(c4c(C)cccc4C)=CC[C@@H]32)C1.Cc1cccc(C)c1B(O)O.[Cl][Pd][Cl].c1ccc(P(c2ccccc2)c2ccccc2)cc1.c1ccc(P(c2ccccc2)c2ccccc2)cc1. The number of benzene rings is 8. The van der Waals surface area contributed by atoms with Gasteiger partial charge in [-0.05, 0) is 238 Å². The summed E-state index contributed by atoms with van der Waals surface area (Å²) >= 11 is -0.106. The molecule has 0 aliphatic heterocycles. The molecule has 0 heterocycles. The molecule has 2 N–H and O–H groups in total. The second-order valence-corrected chi connectivity index (χ2v) is 41.0. The number of fused-ring (bicyclic) bond motifs is 10. The molecule has 0 spiro atoms. The van der Waals surface area contributed by atoms with Crippen LogP contribution in [0.3, 0.4) is 0 Å². The number of halogens is 5. The quantitative estimate of drug-likeness (QED) is 0.0306. The van der Waals surface area contributed by atoms with Crippen LogP contribution in [0.25, 0.3) is 5.57 Å². The summed E-state index contributed by atoms with van der Waals surface area (Å²) < 4.78 is 77.5. The van der Waals surface area contributed by atoms with E-state index in [2.05, 4.69) is 257 Å². The Balaban J connectivity index is 0.000000144. The van der Waals surface area contributed by atoms with Gasteiger partial charge in [-0.25, -0.2) is 0 Å². The van der Waals surface area contributed by atoms with Gasteiger partial charge in [0.2, 0.25) is 0 Å². The summed E-state index contributed by atoms with van der Waals surface area (Å²) in [7, 11) is 1.72. The smallest absolute Gasteiger partial charge is 0.0134 e. The predicted octanol–water partition coefficient (Wildman–Crippen LogP) is 20.7. The first-order valence-corrected chi connectivity index (χ1v) is 47.9. The maximum atomic E-state index is 12.9. The monoisotopic (exact) mass is 1730 g/mol. The molecule has 114 heavy (non-hydrogen) atoms. The standard InChI is InChI=1S/C29H38O2.C22H29F3O5S.2C18H15P.C8H11BO2.2ClH.Pd/c1-18-7-6-8-19(2)27(18)26-12-11-24-23-10-9-21-17-22(31-20(3)30)13-15-28(21,4)25(23)14-16-29(24,26)5;1-13(26)29-15-8-10-20(2)14(12-15)4-5-16-17-6-7-19(21(17,3)11-9-18(16)20)30-31(27,28)22(23,24)25;2*1-4-10-16(11-5-1)19(17-12-6-2-7-13-17)18-14-8-3-9-15-18;1-6-4-3-5-7(2)8(6)9(10)11;;;/h6-9,12,22-25H,10-11,13-17H2,1-5H3;4,7,15-18H,5-6,8-12H2,1-3H3;2*1-15H;3-5,10-11H,1-2H3;2*1H;/q;;;;;;;+2/p-2/t22-,23-,24-,25-,28-,29-;15-,16-,17-,18-,20-,21-;;;;;;/m00....../s1. The van der Waals surface area contributed by atoms with Crippen LogP contribution in [-0.4, -0.2) is 55.2 Å². The van der Waals surface area contributed by atoms with Gasteiger partial charge in [-0.3, -0.25) is 9.59 Å². The van der Waals surface area contributed by atoms with E-state index >= 15 is 0 Å². The second kappa shape index (κ2) is 38.8. The number of ether oxygens (including phenoxy) is 2. The minimum Gasteiger partial charge on any atom is -0.0622 e. The Hall–Kier alpha value is -6.71. The molecule has 0 bridgehead atoms. The summed E-state index contributed by atoms with van der Waals surface area (Å²) in [5.74, 6) is 2.52. The number of alkyl halides is 3. The van der Waals surface area contributed by atoms with Gasteiger partial charge in [0.1, 0.15) is 18.0 Å². The predicted molar refractivity (Wildman–Crippen MR) is 461 cm³/mol. The summed E-state index contributed by atoms with van der Waals surface area (Å²) in [6.07, 6.45) is 22.3. The van der Waals surface area contributed by atoms with Gasteiger partial charge in [0.25, 0.3) is 0 Å². The van der Waals surface area contributed by atoms with Gasteiger partial charge >= 0.3 is 69.7 Å². The topological polar surface area (TPSA) is 136 Å². The van der Waals surface area contributed by atoms with Crippen molar-refractivity contribution in [2.24, 2.45) is 57.2 Å². The molecular weight excluding hydrogens is 1620 g/mol. The van der Waals surface area contributed by atoms with Crippen molar-refractivity contribution in [2.75, 3.05) is 0 Å². The van der Waals surface area contributed by atoms with Crippen LogP contribution in [0.1, 0.15) is 159 Å². The molecule has 0 saturated heterocycles. The number of hydrogen-bond acceptors (Lipinski definition) is 9. The van der Waals surface area contributed by atoms with Crippen LogP contribution in [-0.2, 0) is 49.3 Å². The number of esters is 2. The van der Waals surface area contributed by atoms with Gasteiger partial charge in [0.05, 0.1) is 0 Å². The molecule has 19 heteroatoms. The Labute approximate surface area is 694 Å². The Morgan fingerprint density at radius 1 is 0.447 bits per heavy atom. The van der Waals surface area contributed by atoms with Crippen LogP contribution in [0, 0.1) is 84.9 Å². The molecule has 9 nitrogen and oxygen atoms in total. The van der Waals surface area contributed by atoms with Gasteiger partial charge in [-0.2, -0.15) is 21.6 Å². The number of hydrogen-bond donors (Lipinski definition) is 2. The molecule has 4 fully saturated rings. The molecule has 8 aromatic carbocycles. The third kappa shape index (κ3) is 20.0. The first kappa shape index (κ1) is 88.1. The van der Waals surface area contributed by atoms with Crippen LogP contribution in [0.5, 0.6) is 0 Å². The van der Waals surface area contributed by atoms with Crippen molar-refractivity contribution < 1.29 is 70.8 Å². The van der Waals surface area contributed by atoms with Crippen molar-refractivity contribution in [1.29, 1.82) is 0 Å². The zero-order valence-electron chi connectivity index (χ0n) is 67.0. The maximum Gasteiger partial charge on any atom is -0.0134 e. The van der Waals surface area contributed by atoms with Crippen molar-refractivity contribution in [3.05, 3.63) is 287 Å². The first-order valence-electron chi connectivity index (χ1n) is 39.8. The molecule has 8 aliphatic carbocycles. The molecule has 4 saturated carbocycles. The number of carbonyl (C=O) groups excluding carboxylic acids is 2.